The largest absolute Gasteiger partial charge is 1.00 e. The predicted octanol–water partition coefficient (Wildman–Crippen LogP) is 6.89. The number of carboxylic acids is 1. The number of rotatable bonds is 19. The van der Waals surface area contributed by atoms with Gasteiger partial charge in [-0.1, -0.05) is 90.1 Å². The number of para-hydroxylation sites is 4. The average molecular weight is 1380 g/mol. The van der Waals surface area contributed by atoms with E-state index in [0.29, 0.717) is 39.9 Å². The Hall–Kier alpha value is -8.48. The first kappa shape index (κ1) is 76.9. The zero-order valence-electron chi connectivity index (χ0n) is 57.9. The number of likely N-dealkylation sites (tertiary alicyclic amines) is 2. The standard InChI is InChI=1S/C36H45N5O7S.C34H41N5O7S.Li.H2O/c1-9-21-19-36(21,32(44)46-10-2)40-29(42)25-18-22(20-41(25)31(43)28(34(3,4)5)39-33(45)48-35(6,7)8)47-30-27(26-16-13-17-49-26)37-23-14-11-12-15-24(23)38-30;1-8-19-17-34(19,30(42)43)38-27(40)23-16-20(18-39(23)29(41)26(32(2,3)4)37-31(44)46-33(5,6)7)45-28-25(24-14-11-15-47-24)35-21-12-9-10-13-22(21)36-28;;/h9,11-17,21-22,25,28H,1,10,18-20H2,2-8H3,(H,39,45)(H,40,42);8-15,19-20,23,26H,1,16-18H2,2-7H3,(H,37,44)(H,38,40)(H,42,43);;1H2/q;;+1;/p-1/t21-,22-,25+,28-,36-;19-,20-,23+,26-,34-;;/m11../s1. The number of nitrogens with one attached hydrogen (secondary N) is 4. The van der Waals surface area contributed by atoms with Crippen molar-refractivity contribution >= 4 is 92.5 Å². The Morgan fingerprint density at radius 2 is 0.959 bits per heavy atom. The summed E-state index contributed by atoms with van der Waals surface area (Å²) in [5.41, 5.74) is -2.20. The molecule has 0 bridgehead atoms. The molecular weight excluding hydrogens is 1290 g/mol. The second-order valence-electron chi connectivity index (χ2n) is 28.6. The molecule has 2 aliphatic carbocycles. The maximum Gasteiger partial charge on any atom is 1.00 e. The Morgan fingerprint density at radius 3 is 1.28 bits per heavy atom. The first-order valence-corrected chi connectivity index (χ1v) is 33.7. The van der Waals surface area contributed by atoms with E-state index in [0.717, 1.165) is 9.75 Å². The topological polar surface area (TPSA) is 339 Å². The molecule has 520 valence electrons. The van der Waals surface area contributed by atoms with Crippen LogP contribution in [0.15, 0.2) is 109 Å². The summed E-state index contributed by atoms with van der Waals surface area (Å²) in [4.78, 5) is 132. The SMILES string of the molecule is C=C[C@@H]1C[C@]1(NC(=O)[C@@H]1C[C@@H](Oc2nc3ccccc3nc2-c2cccs2)CN1C(=O)[C@@H](NC(=O)OC(C)(C)C)C(C)(C)C)C(=O)O.C=C[C@@H]1C[C@]1(NC(=O)[C@@H]1C[C@@H](Oc2nc3ccccc3nc2-c2cccs2)CN1C(=O)[C@@H](NC(=O)OC(C)(C)C)C(C)(C)C)C(=O)OCC.[Li+].[OH-]. The molecule has 2 saturated carbocycles. The van der Waals surface area contributed by atoms with Crippen molar-refractivity contribution in [1.82, 2.24) is 51.0 Å². The minimum Gasteiger partial charge on any atom is -0.870 e. The van der Waals surface area contributed by atoms with Gasteiger partial charge in [0.1, 0.15) is 70.0 Å². The van der Waals surface area contributed by atoms with Gasteiger partial charge in [0.25, 0.3) is 0 Å². The van der Waals surface area contributed by atoms with Crippen LogP contribution in [0.25, 0.3) is 43.2 Å². The van der Waals surface area contributed by atoms with Crippen molar-refractivity contribution in [2.24, 2.45) is 22.7 Å². The number of carbonyl (C=O) groups excluding carboxylic acids is 7. The molecule has 25 nitrogen and oxygen atoms in total. The van der Waals surface area contributed by atoms with Crippen LogP contribution in [0, 0.1) is 22.7 Å². The molecule has 6 amide bonds. The smallest absolute Gasteiger partial charge is 0.870 e. The molecule has 6 aromatic rings. The van der Waals surface area contributed by atoms with Crippen LogP contribution >= 0.6 is 22.7 Å². The Labute approximate surface area is 590 Å². The molecule has 4 aliphatic rings. The number of hydrogen-bond acceptors (Lipinski definition) is 20. The number of aromatic nitrogens is 4. The third kappa shape index (κ3) is 17.7. The Kier molecular flexibility index (Phi) is 23.8. The molecule has 2 aliphatic heterocycles. The fraction of sp³-hybridized carbons (Fsp3) is 0.486. The van der Waals surface area contributed by atoms with Gasteiger partial charge in [-0.3, -0.25) is 19.2 Å². The first-order chi connectivity index (χ1) is 45.1. The van der Waals surface area contributed by atoms with Gasteiger partial charge in [-0.2, -0.15) is 0 Å². The van der Waals surface area contributed by atoms with E-state index in [4.69, 9.17) is 43.6 Å². The summed E-state index contributed by atoms with van der Waals surface area (Å²) in [6.45, 7) is 30.5. The maximum atomic E-state index is 14.5. The second kappa shape index (κ2) is 30.3. The number of aliphatic carboxylic acids is 1. The van der Waals surface area contributed by atoms with Crippen molar-refractivity contribution in [3.05, 3.63) is 109 Å². The van der Waals surface area contributed by atoms with Gasteiger partial charge < -0.3 is 65.3 Å². The number of thiophene rings is 2. The summed E-state index contributed by atoms with van der Waals surface area (Å²) < 4.78 is 29.2. The fourth-order valence-corrected chi connectivity index (χ4v) is 13.1. The van der Waals surface area contributed by atoms with Gasteiger partial charge in [-0.05, 0) is 119 Å². The van der Waals surface area contributed by atoms with E-state index in [-0.39, 0.29) is 81.0 Å². The molecule has 6 heterocycles. The minimum absolute atomic E-state index is 0. The number of esters is 1. The quantitative estimate of drug-likeness (QED) is 0.0238. The van der Waals surface area contributed by atoms with E-state index >= 15 is 0 Å². The van der Waals surface area contributed by atoms with Gasteiger partial charge in [0, 0.05) is 24.7 Å². The average Bonchev–Trinajstić information content (AvgIpc) is 1.58. The zero-order chi connectivity index (χ0) is 70.0. The fourth-order valence-electron chi connectivity index (χ4n) is 11.7. The third-order valence-electron chi connectivity index (χ3n) is 16.7. The van der Waals surface area contributed by atoms with Crippen LogP contribution in [0.4, 0.5) is 9.59 Å². The summed E-state index contributed by atoms with van der Waals surface area (Å²) in [5, 5.41) is 24.9. The number of alkyl carbamates (subject to hydrolysis) is 2. The number of benzene rings is 2. The Bertz CT molecular complexity index is 3940. The van der Waals surface area contributed by atoms with E-state index in [2.05, 4.69) is 34.4 Å². The monoisotopic (exact) mass is 1380 g/mol. The molecule has 10 rings (SSSR count). The van der Waals surface area contributed by atoms with E-state index in [1.807, 2.05) is 104 Å². The molecule has 10 atom stereocenters. The summed E-state index contributed by atoms with van der Waals surface area (Å²) in [5.74, 6) is -4.16. The van der Waals surface area contributed by atoms with Crippen LogP contribution in [-0.4, -0.2) is 166 Å². The number of nitrogens with zero attached hydrogens (tertiary/aromatic N) is 6. The van der Waals surface area contributed by atoms with Gasteiger partial charge in [0.2, 0.25) is 35.4 Å². The van der Waals surface area contributed by atoms with E-state index in [9.17, 15) is 43.5 Å². The molecular formula is C70H87LiN10O15S2. The summed E-state index contributed by atoms with van der Waals surface area (Å²) in [6.07, 6.45) is 0.879. The zero-order valence-corrected chi connectivity index (χ0v) is 59.6. The summed E-state index contributed by atoms with van der Waals surface area (Å²) in [7, 11) is 0. The molecule has 0 spiro atoms. The van der Waals surface area contributed by atoms with Gasteiger partial charge in [-0.15, -0.1) is 35.8 Å². The van der Waals surface area contributed by atoms with Crippen molar-refractivity contribution < 1.29 is 91.5 Å². The van der Waals surface area contributed by atoms with Crippen molar-refractivity contribution in [3.63, 3.8) is 0 Å². The van der Waals surface area contributed by atoms with Crippen molar-refractivity contribution in [2.45, 2.75) is 174 Å². The van der Waals surface area contributed by atoms with E-state index in [1.54, 1.807) is 75.3 Å². The van der Waals surface area contributed by atoms with Gasteiger partial charge >= 0.3 is 43.0 Å². The molecule has 6 N–H and O–H groups in total. The maximum absolute atomic E-state index is 14.5. The third-order valence-corrected chi connectivity index (χ3v) is 18.5. The van der Waals surface area contributed by atoms with Crippen LogP contribution in [-0.2, 0) is 43.0 Å². The van der Waals surface area contributed by atoms with Crippen LogP contribution < -0.4 is 49.6 Å². The first-order valence-electron chi connectivity index (χ1n) is 31.9. The summed E-state index contributed by atoms with van der Waals surface area (Å²) >= 11 is 2.97. The van der Waals surface area contributed by atoms with Crippen molar-refractivity contribution in [2.75, 3.05) is 19.7 Å². The molecule has 0 unspecified atom stereocenters. The second-order valence-corrected chi connectivity index (χ2v) is 30.5. The molecule has 98 heavy (non-hydrogen) atoms. The van der Waals surface area contributed by atoms with Gasteiger partial charge in [0.15, 0.2) is 0 Å². The van der Waals surface area contributed by atoms with Crippen molar-refractivity contribution in [3.8, 4) is 32.9 Å². The number of ether oxygens (including phenoxy) is 5. The number of carboxylic acid groups (broad SMARTS) is 1. The predicted molar refractivity (Wildman–Crippen MR) is 365 cm³/mol. The van der Waals surface area contributed by atoms with Crippen LogP contribution in [0.1, 0.15) is 116 Å². The number of fused-ring (bicyclic) bond motifs is 2. The van der Waals surface area contributed by atoms with Crippen LogP contribution in [0.3, 0.4) is 0 Å². The molecule has 4 fully saturated rings. The normalized spacial score (nSPS) is 22.4. The van der Waals surface area contributed by atoms with Gasteiger partial charge in [-0.25, -0.2) is 39.1 Å². The van der Waals surface area contributed by atoms with E-state index in [1.165, 1.54) is 38.5 Å². The minimum atomic E-state index is -1.50. The molecule has 4 aromatic heterocycles. The Morgan fingerprint density at radius 1 is 0.592 bits per heavy atom. The number of amides is 6. The number of carbonyl (C=O) groups is 8. The molecule has 2 aromatic carbocycles. The molecule has 2 saturated heterocycles. The van der Waals surface area contributed by atoms with Gasteiger partial charge in [0.05, 0.1) is 51.5 Å². The summed E-state index contributed by atoms with van der Waals surface area (Å²) in [6, 6.07) is 18.2. The Balaban J connectivity index is 0.000000271. The van der Waals surface area contributed by atoms with Crippen molar-refractivity contribution in [1.29, 1.82) is 0 Å². The molecule has 0 radical (unpaired) electrons. The van der Waals surface area contributed by atoms with Crippen LogP contribution in [0.2, 0.25) is 0 Å². The van der Waals surface area contributed by atoms with E-state index < -0.39 is 123 Å². The number of hydrogen-bond donors (Lipinski definition) is 5. The van der Waals surface area contributed by atoms with Crippen LogP contribution in [0.5, 0.6) is 11.8 Å². The molecule has 28 heteroatoms.